The summed E-state index contributed by atoms with van der Waals surface area (Å²) >= 11 is 0. The Morgan fingerprint density at radius 2 is 1.15 bits per heavy atom. The molecule has 0 unspecified atom stereocenters. The monoisotopic (exact) mass is 554 g/mol. The minimum absolute atomic E-state index is 0.0233. The van der Waals surface area contributed by atoms with Crippen molar-refractivity contribution in [3.8, 4) is 0 Å². The zero-order valence-corrected chi connectivity index (χ0v) is 22.1. The molecule has 2 atom stereocenters. The van der Waals surface area contributed by atoms with Gasteiger partial charge in [-0.2, -0.15) is 0 Å². The first kappa shape index (κ1) is 28.5. The molecule has 0 radical (unpaired) electrons. The number of esters is 2. The van der Waals surface area contributed by atoms with Gasteiger partial charge in [0.1, 0.15) is 0 Å². The Bertz CT molecular complexity index is 1610. The van der Waals surface area contributed by atoms with Crippen molar-refractivity contribution in [1.29, 1.82) is 0 Å². The van der Waals surface area contributed by atoms with Crippen LogP contribution < -0.4 is 10.9 Å². The maximum atomic E-state index is 13.2. The lowest BCUT2D eigenvalue weighted by Gasteiger charge is -2.23. The van der Waals surface area contributed by atoms with Gasteiger partial charge in [0.2, 0.25) is 12.2 Å². The van der Waals surface area contributed by atoms with Crippen LogP contribution in [0.5, 0.6) is 0 Å². The number of aliphatic carboxylic acids is 1. The third-order valence-corrected chi connectivity index (χ3v) is 6.15. The lowest BCUT2D eigenvalue weighted by molar-refractivity contribution is -0.159. The Balaban J connectivity index is 1.58. The number of ether oxygens (including phenoxy) is 2. The van der Waals surface area contributed by atoms with Crippen LogP contribution in [0.15, 0.2) is 91.0 Å². The van der Waals surface area contributed by atoms with Gasteiger partial charge in [-0.1, -0.05) is 71.8 Å². The number of rotatable bonds is 8. The molecule has 10 heteroatoms. The quantitative estimate of drug-likeness (QED) is 0.220. The Kier molecular flexibility index (Phi) is 8.73. The fourth-order valence-electron chi connectivity index (χ4n) is 3.92. The predicted octanol–water partition coefficient (Wildman–Crippen LogP) is 3.75. The summed E-state index contributed by atoms with van der Waals surface area (Å²) in [5.41, 5.74) is 6.30. The van der Waals surface area contributed by atoms with Gasteiger partial charge in [0.25, 0.3) is 11.8 Å². The first-order valence-corrected chi connectivity index (χ1v) is 12.5. The van der Waals surface area contributed by atoms with E-state index >= 15 is 0 Å². The molecule has 10 nitrogen and oxygen atoms in total. The smallest absolute Gasteiger partial charge is 0.349 e. The zero-order valence-electron chi connectivity index (χ0n) is 22.1. The Morgan fingerprint density at radius 1 is 0.634 bits per heavy atom. The van der Waals surface area contributed by atoms with Gasteiger partial charge in [-0.3, -0.25) is 20.4 Å². The number of carboxylic acids is 1. The number of benzene rings is 4. The first-order valence-electron chi connectivity index (χ1n) is 12.5. The standard InChI is InChI=1S/C31H26N2O8/c1-18-10-14-21(15-11-18)30(38)40-25(26(29(36)37)41-31(39)22-16-12-19(2)13-17-22)28(35)33-32-27(34)24-9-5-7-20-6-3-4-8-23(20)24/h3-17,25-26H,1-2H3,(H,32,34)(H,33,35)(H,36,37)/t25-,26+/m1/s1. The minimum Gasteiger partial charge on any atom is -0.478 e. The van der Waals surface area contributed by atoms with Crippen LogP contribution in [-0.2, 0) is 19.1 Å². The van der Waals surface area contributed by atoms with Crippen LogP contribution in [0, 0.1) is 13.8 Å². The van der Waals surface area contributed by atoms with E-state index in [1.54, 1.807) is 62.4 Å². The number of amides is 2. The Hall–Kier alpha value is -5.51. The topological polar surface area (TPSA) is 148 Å². The predicted molar refractivity (Wildman–Crippen MR) is 148 cm³/mol. The molecule has 4 aromatic carbocycles. The van der Waals surface area contributed by atoms with Crippen molar-refractivity contribution >= 4 is 40.5 Å². The van der Waals surface area contributed by atoms with E-state index < -0.39 is 41.9 Å². The van der Waals surface area contributed by atoms with Crippen LogP contribution in [0.3, 0.4) is 0 Å². The van der Waals surface area contributed by atoms with Crippen LogP contribution in [0.1, 0.15) is 42.2 Å². The molecule has 0 fully saturated rings. The highest BCUT2D eigenvalue weighted by molar-refractivity contribution is 6.07. The minimum atomic E-state index is -2.24. The maximum absolute atomic E-state index is 13.2. The van der Waals surface area contributed by atoms with Crippen molar-refractivity contribution in [2.24, 2.45) is 0 Å². The molecule has 0 heterocycles. The number of fused-ring (bicyclic) bond motifs is 1. The molecule has 0 aliphatic carbocycles. The highest BCUT2D eigenvalue weighted by Crippen LogP contribution is 2.18. The fraction of sp³-hybridized carbons (Fsp3) is 0.129. The van der Waals surface area contributed by atoms with Gasteiger partial charge in [0.05, 0.1) is 11.1 Å². The molecule has 0 bridgehead atoms. The van der Waals surface area contributed by atoms with Crippen molar-refractivity contribution < 1.29 is 38.6 Å². The first-order chi connectivity index (χ1) is 19.6. The van der Waals surface area contributed by atoms with Gasteiger partial charge in [-0.15, -0.1) is 0 Å². The van der Waals surface area contributed by atoms with Crippen molar-refractivity contribution in [2.45, 2.75) is 26.1 Å². The van der Waals surface area contributed by atoms with Gasteiger partial charge in [-0.05, 0) is 55.0 Å². The molecular weight excluding hydrogens is 528 g/mol. The van der Waals surface area contributed by atoms with Crippen molar-refractivity contribution in [3.05, 3.63) is 119 Å². The lowest BCUT2D eigenvalue weighted by atomic mass is 10.0. The summed E-state index contributed by atoms with van der Waals surface area (Å²) in [6.07, 6.45) is -4.41. The highest BCUT2D eigenvalue weighted by Gasteiger charge is 2.41. The molecule has 41 heavy (non-hydrogen) atoms. The van der Waals surface area contributed by atoms with Crippen LogP contribution in [0.25, 0.3) is 10.8 Å². The lowest BCUT2D eigenvalue weighted by Crippen LogP contribution is -2.54. The summed E-state index contributed by atoms with van der Waals surface area (Å²) in [7, 11) is 0. The van der Waals surface area contributed by atoms with Crippen molar-refractivity contribution in [1.82, 2.24) is 10.9 Å². The number of hydrazine groups is 1. The molecule has 0 spiro atoms. The SMILES string of the molecule is Cc1ccc(C(=O)O[C@H](C(=O)O)[C@@H](OC(=O)c2ccc(C)cc2)C(=O)NNC(=O)c2cccc3ccccc23)cc1. The number of nitrogens with one attached hydrogen (secondary N) is 2. The average Bonchev–Trinajstić information content (AvgIpc) is 2.97. The zero-order chi connectivity index (χ0) is 29.5. The number of carbonyl (C=O) groups excluding carboxylic acids is 4. The average molecular weight is 555 g/mol. The number of carbonyl (C=O) groups is 5. The van der Waals surface area contributed by atoms with Crippen LogP contribution >= 0.6 is 0 Å². The molecule has 3 N–H and O–H groups in total. The third-order valence-electron chi connectivity index (χ3n) is 6.15. The van der Waals surface area contributed by atoms with Gasteiger partial charge in [0.15, 0.2) is 0 Å². The molecule has 4 rings (SSSR count). The summed E-state index contributed by atoms with van der Waals surface area (Å²) in [6, 6.07) is 24.3. The van der Waals surface area contributed by atoms with E-state index in [4.69, 9.17) is 9.47 Å². The summed E-state index contributed by atoms with van der Waals surface area (Å²) < 4.78 is 10.4. The van der Waals surface area contributed by atoms with Crippen LogP contribution in [-0.4, -0.2) is 47.0 Å². The molecular formula is C31H26N2O8. The second-order valence-corrected chi connectivity index (χ2v) is 9.19. The normalized spacial score (nSPS) is 12.0. The summed E-state index contributed by atoms with van der Waals surface area (Å²) in [4.78, 5) is 63.9. The number of hydrogen-bond donors (Lipinski definition) is 3. The maximum Gasteiger partial charge on any atom is 0.349 e. The van der Waals surface area contributed by atoms with Crippen LogP contribution in [0.2, 0.25) is 0 Å². The van der Waals surface area contributed by atoms with E-state index in [0.29, 0.717) is 5.39 Å². The molecule has 0 saturated heterocycles. The van der Waals surface area contributed by atoms with Crippen LogP contribution in [0.4, 0.5) is 0 Å². The van der Waals surface area contributed by atoms with E-state index in [1.807, 2.05) is 18.2 Å². The molecule has 0 aliphatic rings. The third kappa shape index (κ3) is 6.93. The second-order valence-electron chi connectivity index (χ2n) is 9.19. The fourth-order valence-corrected chi connectivity index (χ4v) is 3.92. The molecule has 2 amide bonds. The van der Waals surface area contributed by atoms with E-state index in [9.17, 15) is 29.1 Å². The summed E-state index contributed by atoms with van der Waals surface area (Å²) in [5.74, 6) is -5.78. The number of hydrogen-bond acceptors (Lipinski definition) is 7. The van der Waals surface area contributed by atoms with Gasteiger partial charge < -0.3 is 14.6 Å². The van der Waals surface area contributed by atoms with Crippen molar-refractivity contribution in [3.63, 3.8) is 0 Å². The van der Waals surface area contributed by atoms with Gasteiger partial charge in [-0.25, -0.2) is 14.4 Å². The van der Waals surface area contributed by atoms with Gasteiger partial charge in [0, 0.05) is 5.56 Å². The van der Waals surface area contributed by atoms with E-state index in [2.05, 4.69) is 10.9 Å². The Labute approximate surface area is 234 Å². The molecule has 0 aliphatic heterocycles. The number of aryl methyl sites for hydroxylation is 2. The van der Waals surface area contributed by atoms with E-state index in [1.165, 1.54) is 24.3 Å². The molecule has 0 saturated carbocycles. The van der Waals surface area contributed by atoms with Gasteiger partial charge >= 0.3 is 17.9 Å². The molecule has 208 valence electrons. The van der Waals surface area contributed by atoms with E-state index in [-0.39, 0.29) is 16.7 Å². The summed E-state index contributed by atoms with van der Waals surface area (Å²) in [5, 5.41) is 11.3. The second kappa shape index (κ2) is 12.6. The Morgan fingerprint density at radius 3 is 1.71 bits per heavy atom. The molecule has 4 aromatic rings. The number of carboxylic acid groups (broad SMARTS) is 1. The largest absolute Gasteiger partial charge is 0.478 e. The molecule has 0 aromatic heterocycles. The van der Waals surface area contributed by atoms with Crippen molar-refractivity contribution in [2.75, 3.05) is 0 Å². The van der Waals surface area contributed by atoms with E-state index in [0.717, 1.165) is 16.5 Å². The summed E-state index contributed by atoms with van der Waals surface area (Å²) in [6.45, 7) is 3.60. The highest BCUT2D eigenvalue weighted by atomic mass is 16.6.